The molecular formula is C14H16FNO. The summed E-state index contributed by atoms with van der Waals surface area (Å²) in [5.41, 5.74) is 1.48. The SMILES string of the molecule is CCC(C)Oc1cc(C)nc2cccc(F)c12. The number of hydrogen-bond acceptors (Lipinski definition) is 2. The number of pyridine rings is 1. The molecule has 0 amide bonds. The van der Waals surface area contributed by atoms with Crippen molar-refractivity contribution >= 4 is 10.9 Å². The van der Waals surface area contributed by atoms with Gasteiger partial charge in [-0.1, -0.05) is 13.0 Å². The highest BCUT2D eigenvalue weighted by Crippen LogP contribution is 2.28. The second-order valence-corrected chi connectivity index (χ2v) is 4.23. The Bertz CT molecular complexity index is 539. The predicted octanol–water partition coefficient (Wildman–Crippen LogP) is 3.86. The zero-order chi connectivity index (χ0) is 12.4. The van der Waals surface area contributed by atoms with Gasteiger partial charge in [0.1, 0.15) is 11.6 Å². The van der Waals surface area contributed by atoms with Crippen LogP contribution >= 0.6 is 0 Å². The highest BCUT2D eigenvalue weighted by Gasteiger charge is 2.11. The van der Waals surface area contributed by atoms with Gasteiger partial charge in [0.2, 0.25) is 0 Å². The van der Waals surface area contributed by atoms with Crippen LogP contribution < -0.4 is 4.74 Å². The molecule has 2 aromatic rings. The molecular weight excluding hydrogens is 217 g/mol. The summed E-state index contributed by atoms with van der Waals surface area (Å²) in [6, 6.07) is 6.69. The van der Waals surface area contributed by atoms with Crippen molar-refractivity contribution in [3.05, 3.63) is 35.8 Å². The molecule has 0 saturated heterocycles. The lowest BCUT2D eigenvalue weighted by molar-refractivity contribution is 0.219. The van der Waals surface area contributed by atoms with Crippen LogP contribution in [0.25, 0.3) is 10.9 Å². The minimum absolute atomic E-state index is 0.0691. The molecule has 0 aliphatic heterocycles. The lowest BCUT2D eigenvalue weighted by atomic mass is 10.1. The molecule has 0 N–H and O–H groups in total. The monoisotopic (exact) mass is 233 g/mol. The van der Waals surface area contributed by atoms with Gasteiger partial charge in [-0.2, -0.15) is 0 Å². The Morgan fingerprint density at radius 1 is 1.41 bits per heavy atom. The highest BCUT2D eigenvalue weighted by atomic mass is 19.1. The summed E-state index contributed by atoms with van der Waals surface area (Å²) in [4.78, 5) is 4.31. The topological polar surface area (TPSA) is 22.1 Å². The molecule has 0 aliphatic rings. The highest BCUT2D eigenvalue weighted by molar-refractivity contribution is 5.85. The molecule has 1 aromatic heterocycles. The molecule has 1 heterocycles. The van der Waals surface area contributed by atoms with E-state index in [0.717, 1.165) is 12.1 Å². The Balaban J connectivity index is 2.60. The van der Waals surface area contributed by atoms with Crippen LogP contribution in [0.3, 0.4) is 0 Å². The molecule has 1 aromatic carbocycles. The molecule has 90 valence electrons. The van der Waals surface area contributed by atoms with Crippen molar-refractivity contribution in [1.29, 1.82) is 0 Å². The lowest BCUT2D eigenvalue weighted by Crippen LogP contribution is -2.10. The summed E-state index contributed by atoms with van der Waals surface area (Å²) in [6.07, 6.45) is 0.955. The number of ether oxygens (including phenoxy) is 1. The molecule has 0 fully saturated rings. The van der Waals surface area contributed by atoms with E-state index in [9.17, 15) is 4.39 Å². The van der Waals surface area contributed by atoms with Crippen LogP contribution in [-0.4, -0.2) is 11.1 Å². The minimum atomic E-state index is -0.284. The van der Waals surface area contributed by atoms with Crippen LogP contribution in [0.4, 0.5) is 4.39 Å². The summed E-state index contributed by atoms with van der Waals surface area (Å²) < 4.78 is 19.6. The molecule has 17 heavy (non-hydrogen) atoms. The third kappa shape index (κ3) is 2.38. The van der Waals surface area contributed by atoms with E-state index in [-0.39, 0.29) is 11.9 Å². The van der Waals surface area contributed by atoms with E-state index < -0.39 is 0 Å². The fourth-order valence-electron chi connectivity index (χ4n) is 1.73. The first-order chi connectivity index (χ1) is 8.11. The van der Waals surface area contributed by atoms with Gasteiger partial charge in [-0.3, -0.25) is 4.98 Å². The molecule has 1 atom stereocenters. The molecule has 2 rings (SSSR count). The van der Waals surface area contributed by atoms with Gasteiger partial charge in [-0.15, -0.1) is 0 Å². The first-order valence-corrected chi connectivity index (χ1v) is 5.84. The molecule has 0 aliphatic carbocycles. The van der Waals surface area contributed by atoms with Gasteiger partial charge in [-0.05, 0) is 32.4 Å². The predicted molar refractivity (Wildman–Crippen MR) is 66.8 cm³/mol. The van der Waals surface area contributed by atoms with E-state index in [1.54, 1.807) is 18.2 Å². The summed E-state index contributed by atoms with van der Waals surface area (Å²) in [6.45, 7) is 5.90. The summed E-state index contributed by atoms with van der Waals surface area (Å²) in [7, 11) is 0. The number of rotatable bonds is 3. The van der Waals surface area contributed by atoms with Crippen LogP contribution in [0, 0.1) is 12.7 Å². The Morgan fingerprint density at radius 3 is 2.88 bits per heavy atom. The van der Waals surface area contributed by atoms with Crippen LogP contribution in [0.15, 0.2) is 24.3 Å². The van der Waals surface area contributed by atoms with Gasteiger partial charge < -0.3 is 4.74 Å². The molecule has 3 heteroatoms. The number of benzene rings is 1. The van der Waals surface area contributed by atoms with Gasteiger partial charge in [-0.25, -0.2) is 4.39 Å². The van der Waals surface area contributed by atoms with Crippen molar-refractivity contribution in [1.82, 2.24) is 4.98 Å². The van der Waals surface area contributed by atoms with Crippen molar-refractivity contribution < 1.29 is 9.13 Å². The largest absolute Gasteiger partial charge is 0.490 e. The fourth-order valence-corrected chi connectivity index (χ4v) is 1.73. The van der Waals surface area contributed by atoms with Crippen molar-refractivity contribution in [2.75, 3.05) is 0 Å². The normalized spacial score (nSPS) is 12.7. The number of fused-ring (bicyclic) bond motifs is 1. The van der Waals surface area contributed by atoms with Crippen LogP contribution in [0.1, 0.15) is 26.0 Å². The number of halogens is 1. The number of nitrogens with zero attached hydrogens (tertiary/aromatic N) is 1. The van der Waals surface area contributed by atoms with E-state index in [2.05, 4.69) is 4.98 Å². The van der Waals surface area contributed by atoms with Crippen LogP contribution in [0.5, 0.6) is 5.75 Å². The molecule has 1 unspecified atom stereocenters. The van der Waals surface area contributed by atoms with E-state index >= 15 is 0 Å². The smallest absolute Gasteiger partial charge is 0.136 e. The van der Waals surface area contributed by atoms with E-state index in [4.69, 9.17) is 4.74 Å². The molecule has 0 saturated carbocycles. The average Bonchev–Trinajstić information content (AvgIpc) is 2.28. The Kier molecular flexibility index (Phi) is 3.27. The van der Waals surface area contributed by atoms with E-state index in [0.29, 0.717) is 16.7 Å². The van der Waals surface area contributed by atoms with Gasteiger partial charge in [0.05, 0.1) is 17.0 Å². The van der Waals surface area contributed by atoms with Crippen LogP contribution in [0.2, 0.25) is 0 Å². The zero-order valence-electron chi connectivity index (χ0n) is 10.3. The first-order valence-electron chi connectivity index (χ1n) is 5.84. The van der Waals surface area contributed by atoms with Gasteiger partial charge in [0, 0.05) is 11.8 Å². The van der Waals surface area contributed by atoms with E-state index in [1.165, 1.54) is 6.07 Å². The standard InChI is InChI=1S/C14H16FNO/c1-4-10(3)17-13-8-9(2)16-12-7-5-6-11(15)14(12)13/h5-8,10H,4H2,1-3H3. The quantitative estimate of drug-likeness (QED) is 0.803. The van der Waals surface area contributed by atoms with Crippen molar-refractivity contribution in [3.8, 4) is 5.75 Å². The maximum Gasteiger partial charge on any atom is 0.136 e. The maximum atomic E-state index is 13.8. The van der Waals surface area contributed by atoms with Crippen molar-refractivity contribution in [2.45, 2.75) is 33.3 Å². The third-order valence-corrected chi connectivity index (χ3v) is 2.78. The number of aryl methyl sites for hydroxylation is 1. The van der Waals surface area contributed by atoms with Gasteiger partial charge in [0.15, 0.2) is 0 Å². The van der Waals surface area contributed by atoms with Crippen LogP contribution in [-0.2, 0) is 0 Å². The Labute approximate surface area is 100 Å². The van der Waals surface area contributed by atoms with Crippen molar-refractivity contribution in [3.63, 3.8) is 0 Å². The van der Waals surface area contributed by atoms with Crippen molar-refractivity contribution in [2.24, 2.45) is 0 Å². The molecule has 0 radical (unpaired) electrons. The Hall–Kier alpha value is -1.64. The molecule has 0 spiro atoms. The second-order valence-electron chi connectivity index (χ2n) is 4.23. The number of hydrogen-bond donors (Lipinski definition) is 0. The molecule has 0 bridgehead atoms. The fraction of sp³-hybridized carbons (Fsp3) is 0.357. The second kappa shape index (κ2) is 4.70. The minimum Gasteiger partial charge on any atom is -0.490 e. The summed E-state index contributed by atoms with van der Waals surface area (Å²) in [5.74, 6) is 0.299. The zero-order valence-corrected chi connectivity index (χ0v) is 10.3. The van der Waals surface area contributed by atoms with E-state index in [1.807, 2.05) is 20.8 Å². The van der Waals surface area contributed by atoms with Gasteiger partial charge >= 0.3 is 0 Å². The summed E-state index contributed by atoms with van der Waals surface area (Å²) >= 11 is 0. The van der Waals surface area contributed by atoms with Gasteiger partial charge in [0.25, 0.3) is 0 Å². The molecule has 2 nitrogen and oxygen atoms in total. The maximum absolute atomic E-state index is 13.8. The lowest BCUT2D eigenvalue weighted by Gasteiger charge is -2.15. The third-order valence-electron chi connectivity index (χ3n) is 2.78. The Morgan fingerprint density at radius 2 is 2.18 bits per heavy atom. The first kappa shape index (κ1) is 11.8. The summed E-state index contributed by atoms with van der Waals surface area (Å²) in [5, 5.41) is 0.471. The number of aromatic nitrogens is 1. The average molecular weight is 233 g/mol.